The first-order valence-corrected chi connectivity index (χ1v) is 7.96. The molecule has 1 aliphatic heterocycles. The summed E-state index contributed by atoms with van der Waals surface area (Å²) < 4.78 is 13.2. The first-order valence-electron chi connectivity index (χ1n) is 6.98. The lowest BCUT2D eigenvalue weighted by atomic mass is 9.98. The molecule has 1 aromatic rings. The van der Waals surface area contributed by atoms with E-state index < -0.39 is 0 Å². The Hall–Kier alpha value is -1.23. The van der Waals surface area contributed by atoms with E-state index in [2.05, 4.69) is 13.8 Å². The number of nitrogens with zero attached hydrogens (tertiary/aromatic N) is 1. The van der Waals surface area contributed by atoms with Crippen molar-refractivity contribution < 1.29 is 9.18 Å². The molecular formula is C15H21FN2OS. The standard InChI is InChI=1S/C15H21FN2OS/c1-10-4-3-5-11(2)18(10)15(19)9-20-14-8-12(16)6-7-13(14)17/h6-8,10-11H,3-5,9,17H2,1-2H3. The molecule has 20 heavy (non-hydrogen) atoms. The van der Waals surface area contributed by atoms with Crippen LogP contribution in [0.1, 0.15) is 33.1 Å². The van der Waals surface area contributed by atoms with Gasteiger partial charge in [-0.3, -0.25) is 4.79 Å². The van der Waals surface area contributed by atoms with E-state index in [1.165, 1.54) is 36.4 Å². The highest BCUT2D eigenvalue weighted by molar-refractivity contribution is 8.00. The lowest BCUT2D eigenvalue weighted by Gasteiger charge is -2.39. The van der Waals surface area contributed by atoms with Crippen molar-refractivity contribution in [1.29, 1.82) is 0 Å². The second-order valence-corrected chi connectivity index (χ2v) is 6.42. The molecule has 0 saturated carbocycles. The summed E-state index contributed by atoms with van der Waals surface area (Å²) in [6.45, 7) is 4.18. The Morgan fingerprint density at radius 2 is 2.05 bits per heavy atom. The van der Waals surface area contributed by atoms with Gasteiger partial charge in [0.1, 0.15) is 5.82 Å². The van der Waals surface area contributed by atoms with Gasteiger partial charge < -0.3 is 10.6 Å². The van der Waals surface area contributed by atoms with Crippen LogP contribution in [0.2, 0.25) is 0 Å². The number of nitrogen functional groups attached to an aromatic ring is 1. The van der Waals surface area contributed by atoms with Crippen LogP contribution >= 0.6 is 11.8 Å². The second kappa shape index (κ2) is 6.48. The number of amides is 1. The molecule has 2 unspecified atom stereocenters. The Morgan fingerprint density at radius 3 is 2.70 bits per heavy atom. The number of nitrogens with two attached hydrogens (primary N) is 1. The number of benzene rings is 1. The molecule has 0 spiro atoms. The van der Waals surface area contributed by atoms with E-state index in [-0.39, 0.29) is 23.8 Å². The van der Waals surface area contributed by atoms with Crippen molar-refractivity contribution in [3.05, 3.63) is 24.0 Å². The summed E-state index contributed by atoms with van der Waals surface area (Å²) in [5, 5.41) is 0. The fourth-order valence-electron chi connectivity index (χ4n) is 2.76. The van der Waals surface area contributed by atoms with Crippen molar-refractivity contribution in [2.24, 2.45) is 0 Å². The van der Waals surface area contributed by atoms with Crippen LogP contribution in [-0.4, -0.2) is 28.6 Å². The molecule has 1 amide bonds. The molecule has 2 atom stereocenters. The van der Waals surface area contributed by atoms with Gasteiger partial charge in [-0.1, -0.05) is 0 Å². The molecule has 0 bridgehead atoms. The first kappa shape index (κ1) is 15.2. The number of anilines is 1. The molecule has 0 aliphatic carbocycles. The third-order valence-corrected chi connectivity index (χ3v) is 4.86. The zero-order valence-corrected chi connectivity index (χ0v) is 12.8. The third kappa shape index (κ3) is 3.45. The van der Waals surface area contributed by atoms with Crippen LogP contribution in [-0.2, 0) is 4.79 Å². The molecule has 1 saturated heterocycles. The third-order valence-electron chi connectivity index (χ3n) is 3.81. The summed E-state index contributed by atoms with van der Waals surface area (Å²) in [6, 6.07) is 4.83. The number of rotatable bonds is 3. The van der Waals surface area contributed by atoms with Crippen LogP contribution < -0.4 is 5.73 Å². The number of carbonyl (C=O) groups excluding carboxylic acids is 1. The summed E-state index contributed by atoms with van der Waals surface area (Å²) in [4.78, 5) is 15.0. The van der Waals surface area contributed by atoms with Crippen molar-refractivity contribution in [3.63, 3.8) is 0 Å². The maximum Gasteiger partial charge on any atom is 0.233 e. The van der Waals surface area contributed by atoms with Crippen molar-refractivity contribution >= 4 is 23.4 Å². The van der Waals surface area contributed by atoms with Crippen LogP contribution in [0.25, 0.3) is 0 Å². The summed E-state index contributed by atoms with van der Waals surface area (Å²) in [7, 11) is 0. The van der Waals surface area contributed by atoms with Crippen LogP contribution in [0, 0.1) is 5.82 Å². The van der Waals surface area contributed by atoms with Crippen molar-refractivity contribution in [1.82, 2.24) is 4.90 Å². The average molecular weight is 296 g/mol. The van der Waals surface area contributed by atoms with Gasteiger partial charge in [0.05, 0.1) is 5.75 Å². The highest BCUT2D eigenvalue weighted by atomic mass is 32.2. The van der Waals surface area contributed by atoms with E-state index in [1.54, 1.807) is 0 Å². The maximum absolute atomic E-state index is 13.2. The van der Waals surface area contributed by atoms with E-state index in [4.69, 9.17) is 5.73 Å². The van der Waals surface area contributed by atoms with Gasteiger partial charge in [-0.2, -0.15) is 0 Å². The number of hydrogen-bond acceptors (Lipinski definition) is 3. The molecule has 0 radical (unpaired) electrons. The van der Waals surface area contributed by atoms with Crippen molar-refractivity contribution in [2.75, 3.05) is 11.5 Å². The molecule has 1 aromatic carbocycles. The molecule has 1 fully saturated rings. The van der Waals surface area contributed by atoms with E-state index >= 15 is 0 Å². The van der Waals surface area contributed by atoms with Crippen LogP contribution in [0.15, 0.2) is 23.1 Å². The average Bonchev–Trinajstić information content (AvgIpc) is 2.39. The smallest absolute Gasteiger partial charge is 0.233 e. The van der Waals surface area contributed by atoms with Crippen molar-refractivity contribution in [2.45, 2.75) is 50.1 Å². The SMILES string of the molecule is CC1CCCC(C)N1C(=O)CSc1cc(F)ccc1N. The quantitative estimate of drug-likeness (QED) is 0.687. The molecule has 2 rings (SSSR count). The summed E-state index contributed by atoms with van der Waals surface area (Å²) in [6.07, 6.45) is 3.29. The minimum absolute atomic E-state index is 0.110. The Balaban J connectivity index is 1.99. The topological polar surface area (TPSA) is 46.3 Å². The van der Waals surface area contributed by atoms with Gasteiger partial charge in [-0.25, -0.2) is 4.39 Å². The zero-order chi connectivity index (χ0) is 14.7. The number of halogens is 1. The predicted octanol–water partition coefficient (Wildman–Crippen LogP) is 3.29. The fourth-order valence-corrected chi connectivity index (χ4v) is 3.62. The van der Waals surface area contributed by atoms with Gasteiger partial charge in [0.2, 0.25) is 5.91 Å². The highest BCUT2D eigenvalue weighted by Gasteiger charge is 2.28. The Kier molecular flexibility index (Phi) is 4.91. The van der Waals surface area contributed by atoms with Crippen LogP contribution in [0.5, 0.6) is 0 Å². The lowest BCUT2D eigenvalue weighted by molar-refractivity contribution is -0.134. The van der Waals surface area contributed by atoms with Crippen molar-refractivity contribution in [3.8, 4) is 0 Å². The van der Waals surface area contributed by atoms with Crippen LogP contribution in [0.4, 0.5) is 10.1 Å². The Bertz CT molecular complexity index is 485. The monoisotopic (exact) mass is 296 g/mol. The molecule has 110 valence electrons. The van der Waals surface area contributed by atoms with Crippen LogP contribution in [0.3, 0.4) is 0 Å². The second-order valence-electron chi connectivity index (χ2n) is 5.40. The maximum atomic E-state index is 13.2. The Morgan fingerprint density at radius 1 is 1.40 bits per heavy atom. The summed E-state index contributed by atoms with van der Waals surface area (Å²) in [5.41, 5.74) is 6.31. The van der Waals surface area contributed by atoms with Gasteiger partial charge in [-0.15, -0.1) is 11.8 Å². The normalized spacial score (nSPS) is 22.9. The number of thioether (sulfide) groups is 1. The number of piperidine rings is 1. The molecule has 1 aliphatic rings. The summed E-state index contributed by atoms with van der Waals surface area (Å²) >= 11 is 1.31. The first-order chi connectivity index (χ1) is 9.49. The van der Waals surface area contributed by atoms with E-state index in [0.717, 1.165) is 12.8 Å². The summed E-state index contributed by atoms with van der Waals surface area (Å²) in [5.74, 6) is 0.0923. The van der Waals surface area contributed by atoms with Gasteiger partial charge >= 0.3 is 0 Å². The van der Waals surface area contributed by atoms with Gasteiger partial charge in [0.25, 0.3) is 0 Å². The molecule has 5 heteroatoms. The Labute approximate surface area is 123 Å². The minimum Gasteiger partial charge on any atom is -0.398 e. The number of hydrogen-bond donors (Lipinski definition) is 1. The molecule has 0 aromatic heterocycles. The molecular weight excluding hydrogens is 275 g/mol. The minimum atomic E-state index is -0.325. The van der Waals surface area contributed by atoms with Gasteiger partial charge in [0.15, 0.2) is 0 Å². The fraction of sp³-hybridized carbons (Fsp3) is 0.533. The number of carbonyl (C=O) groups is 1. The zero-order valence-electron chi connectivity index (χ0n) is 11.9. The molecule has 3 nitrogen and oxygen atoms in total. The molecule has 2 N–H and O–H groups in total. The lowest BCUT2D eigenvalue weighted by Crippen LogP contribution is -2.48. The van der Waals surface area contributed by atoms with E-state index in [9.17, 15) is 9.18 Å². The predicted molar refractivity (Wildman–Crippen MR) is 81.2 cm³/mol. The van der Waals surface area contributed by atoms with Gasteiger partial charge in [-0.05, 0) is 51.3 Å². The van der Waals surface area contributed by atoms with Gasteiger partial charge in [0, 0.05) is 22.7 Å². The van der Waals surface area contributed by atoms with E-state index in [1.807, 2.05) is 4.90 Å². The van der Waals surface area contributed by atoms with E-state index in [0.29, 0.717) is 16.3 Å². The number of likely N-dealkylation sites (tertiary alicyclic amines) is 1. The molecule has 1 heterocycles. The highest BCUT2D eigenvalue weighted by Crippen LogP contribution is 2.28. The largest absolute Gasteiger partial charge is 0.398 e.